The molecule has 5 nitrogen and oxygen atoms in total. The Labute approximate surface area is 132 Å². The lowest BCUT2D eigenvalue weighted by molar-refractivity contribution is 0.281. The maximum Gasteiger partial charge on any atom is 0.263 e. The van der Waals surface area contributed by atoms with Crippen molar-refractivity contribution in [1.82, 2.24) is 4.98 Å². The maximum absolute atomic E-state index is 12.4. The van der Waals surface area contributed by atoms with E-state index in [0.717, 1.165) is 0 Å². The van der Waals surface area contributed by atoms with E-state index in [1.165, 1.54) is 24.4 Å². The largest absolute Gasteiger partial charge is 0.392 e. The number of sulfonamides is 1. The molecule has 1 aromatic heterocycles. The van der Waals surface area contributed by atoms with Gasteiger partial charge in [-0.05, 0) is 36.8 Å². The zero-order valence-corrected chi connectivity index (χ0v) is 13.3. The highest BCUT2D eigenvalue weighted by molar-refractivity contribution is 7.92. The Morgan fingerprint density at radius 1 is 1.24 bits per heavy atom. The van der Waals surface area contributed by atoms with Crippen molar-refractivity contribution in [1.29, 1.82) is 0 Å². The normalized spacial score (nSPS) is 11.4. The summed E-state index contributed by atoms with van der Waals surface area (Å²) in [5.74, 6) is 0. The fourth-order valence-corrected chi connectivity index (χ4v) is 3.63. The van der Waals surface area contributed by atoms with Crippen LogP contribution in [0.3, 0.4) is 0 Å². The second kappa shape index (κ2) is 6.19. The summed E-state index contributed by atoms with van der Waals surface area (Å²) in [5.41, 5.74) is 1.33. The first-order chi connectivity index (χ1) is 9.83. The van der Waals surface area contributed by atoms with Gasteiger partial charge in [0.1, 0.15) is 4.90 Å². The molecule has 112 valence electrons. The van der Waals surface area contributed by atoms with Gasteiger partial charge in [-0.2, -0.15) is 0 Å². The molecule has 0 bridgehead atoms. The summed E-state index contributed by atoms with van der Waals surface area (Å²) in [6.07, 6.45) is 1.50. The average molecular weight is 347 g/mol. The summed E-state index contributed by atoms with van der Waals surface area (Å²) in [5, 5.41) is 9.37. The van der Waals surface area contributed by atoms with E-state index in [9.17, 15) is 13.5 Å². The van der Waals surface area contributed by atoms with Crippen LogP contribution in [0.15, 0.2) is 35.4 Å². The first-order valence-corrected chi connectivity index (χ1v) is 8.11. The lowest BCUT2D eigenvalue weighted by atomic mass is 10.2. The highest BCUT2D eigenvalue weighted by Gasteiger charge is 2.20. The molecule has 0 unspecified atom stereocenters. The minimum Gasteiger partial charge on any atom is -0.392 e. The number of aromatic nitrogens is 1. The summed E-state index contributed by atoms with van der Waals surface area (Å²) >= 11 is 11.8. The molecular weight excluding hydrogens is 335 g/mol. The van der Waals surface area contributed by atoms with Gasteiger partial charge < -0.3 is 5.11 Å². The number of benzene rings is 1. The summed E-state index contributed by atoms with van der Waals surface area (Å²) in [6, 6.07) is 5.66. The number of halogens is 2. The number of pyridine rings is 1. The van der Waals surface area contributed by atoms with Crippen molar-refractivity contribution < 1.29 is 13.5 Å². The number of nitrogens with zero attached hydrogens (tertiary/aromatic N) is 1. The quantitative estimate of drug-likeness (QED) is 0.891. The molecule has 0 aliphatic carbocycles. The molecule has 2 aromatic rings. The predicted molar refractivity (Wildman–Crippen MR) is 82.2 cm³/mol. The molecule has 0 fully saturated rings. The van der Waals surface area contributed by atoms with Crippen LogP contribution in [0, 0.1) is 6.92 Å². The number of aliphatic hydroxyl groups is 1. The Hall–Kier alpha value is -1.34. The summed E-state index contributed by atoms with van der Waals surface area (Å²) in [7, 11) is -3.89. The van der Waals surface area contributed by atoms with Gasteiger partial charge in [0.2, 0.25) is 0 Å². The molecule has 1 heterocycles. The van der Waals surface area contributed by atoms with Crippen LogP contribution < -0.4 is 4.72 Å². The van der Waals surface area contributed by atoms with Gasteiger partial charge in [0, 0.05) is 16.9 Å². The number of aryl methyl sites for hydroxylation is 1. The topological polar surface area (TPSA) is 79.3 Å². The monoisotopic (exact) mass is 346 g/mol. The molecule has 2 N–H and O–H groups in total. The molecule has 0 aliphatic rings. The number of aliphatic hydroxyl groups excluding tert-OH is 1. The minimum absolute atomic E-state index is 0.0181. The highest BCUT2D eigenvalue weighted by atomic mass is 35.5. The van der Waals surface area contributed by atoms with Gasteiger partial charge in [-0.15, -0.1) is 0 Å². The van der Waals surface area contributed by atoms with Crippen molar-refractivity contribution in [3.05, 3.63) is 51.8 Å². The SMILES string of the molecule is Cc1cc(NS(=O)(=O)c2cc(CO)c(Cl)cc2Cl)ccn1. The van der Waals surface area contributed by atoms with E-state index < -0.39 is 10.0 Å². The Morgan fingerprint density at radius 3 is 2.57 bits per heavy atom. The first kappa shape index (κ1) is 16.0. The van der Waals surface area contributed by atoms with Crippen molar-refractivity contribution >= 4 is 38.9 Å². The van der Waals surface area contributed by atoms with E-state index in [1.54, 1.807) is 13.0 Å². The van der Waals surface area contributed by atoms with Crippen LogP contribution in [0.5, 0.6) is 0 Å². The third-order valence-electron chi connectivity index (χ3n) is 2.71. The van der Waals surface area contributed by atoms with E-state index >= 15 is 0 Å². The number of hydrogen-bond acceptors (Lipinski definition) is 4. The van der Waals surface area contributed by atoms with Gasteiger partial charge in [0.15, 0.2) is 0 Å². The molecular formula is C13H12Cl2N2O3S. The van der Waals surface area contributed by atoms with Crippen LogP contribution in [0.4, 0.5) is 5.69 Å². The van der Waals surface area contributed by atoms with Gasteiger partial charge in [0.25, 0.3) is 10.0 Å². The lowest BCUT2D eigenvalue weighted by Gasteiger charge is -2.12. The highest BCUT2D eigenvalue weighted by Crippen LogP contribution is 2.30. The second-order valence-electron chi connectivity index (χ2n) is 4.32. The van der Waals surface area contributed by atoms with Crippen molar-refractivity contribution in [2.75, 3.05) is 4.72 Å². The van der Waals surface area contributed by atoms with Crippen molar-refractivity contribution in [3.8, 4) is 0 Å². The molecule has 0 saturated heterocycles. The van der Waals surface area contributed by atoms with E-state index in [2.05, 4.69) is 9.71 Å². The molecule has 1 aromatic carbocycles. The van der Waals surface area contributed by atoms with Gasteiger partial charge >= 0.3 is 0 Å². The maximum atomic E-state index is 12.4. The smallest absolute Gasteiger partial charge is 0.263 e. The van der Waals surface area contributed by atoms with Gasteiger partial charge in [-0.1, -0.05) is 23.2 Å². The van der Waals surface area contributed by atoms with Gasteiger partial charge in [-0.25, -0.2) is 8.42 Å². The average Bonchev–Trinajstić information content (AvgIpc) is 2.37. The van der Waals surface area contributed by atoms with Crippen LogP contribution in [0.25, 0.3) is 0 Å². The summed E-state index contributed by atoms with van der Waals surface area (Å²) in [6.45, 7) is 1.36. The molecule has 0 radical (unpaired) electrons. The van der Waals surface area contributed by atoms with E-state index in [4.69, 9.17) is 23.2 Å². The molecule has 8 heteroatoms. The summed E-state index contributed by atoms with van der Waals surface area (Å²) in [4.78, 5) is 3.84. The molecule has 2 rings (SSSR count). The molecule has 0 atom stereocenters. The minimum atomic E-state index is -3.89. The van der Waals surface area contributed by atoms with E-state index in [-0.39, 0.29) is 27.1 Å². The van der Waals surface area contributed by atoms with Crippen LogP contribution in [0.2, 0.25) is 10.0 Å². The second-order valence-corrected chi connectivity index (χ2v) is 6.79. The Morgan fingerprint density at radius 2 is 1.95 bits per heavy atom. The number of rotatable bonds is 4. The molecule has 21 heavy (non-hydrogen) atoms. The standard InChI is InChI=1S/C13H12Cl2N2O3S/c1-8-4-10(2-3-16-8)17-21(19,20)13-5-9(7-18)11(14)6-12(13)15/h2-6,18H,7H2,1H3,(H,16,17). The van der Waals surface area contributed by atoms with Crippen LogP contribution in [-0.4, -0.2) is 18.5 Å². The molecule has 0 aliphatic heterocycles. The fraction of sp³-hybridized carbons (Fsp3) is 0.154. The Balaban J connectivity index is 2.44. The third-order valence-corrected chi connectivity index (χ3v) is 4.91. The van der Waals surface area contributed by atoms with Crippen molar-refractivity contribution in [2.24, 2.45) is 0 Å². The van der Waals surface area contributed by atoms with Gasteiger partial charge in [0.05, 0.1) is 17.3 Å². The lowest BCUT2D eigenvalue weighted by Crippen LogP contribution is -2.14. The molecule has 0 spiro atoms. The molecule has 0 amide bonds. The number of anilines is 1. The zero-order chi connectivity index (χ0) is 15.6. The van der Waals surface area contributed by atoms with E-state index in [1.807, 2.05) is 0 Å². The van der Waals surface area contributed by atoms with Crippen molar-refractivity contribution in [2.45, 2.75) is 18.4 Å². The fourth-order valence-electron chi connectivity index (χ4n) is 1.72. The zero-order valence-electron chi connectivity index (χ0n) is 11.0. The Kier molecular flexibility index (Phi) is 4.73. The van der Waals surface area contributed by atoms with Crippen LogP contribution in [0.1, 0.15) is 11.3 Å². The number of hydrogen-bond donors (Lipinski definition) is 2. The van der Waals surface area contributed by atoms with Crippen molar-refractivity contribution in [3.63, 3.8) is 0 Å². The van der Waals surface area contributed by atoms with Crippen LogP contribution >= 0.6 is 23.2 Å². The van der Waals surface area contributed by atoms with Gasteiger partial charge in [-0.3, -0.25) is 9.71 Å². The van der Waals surface area contributed by atoms with E-state index in [0.29, 0.717) is 11.4 Å². The summed E-state index contributed by atoms with van der Waals surface area (Å²) < 4.78 is 27.2. The molecule has 0 saturated carbocycles. The first-order valence-electron chi connectivity index (χ1n) is 5.88. The number of nitrogens with one attached hydrogen (secondary N) is 1. The Bertz CT molecular complexity index is 779. The predicted octanol–water partition coefficient (Wildman–Crippen LogP) is 2.99. The van der Waals surface area contributed by atoms with Crippen LogP contribution in [-0.2, 0) is 16.6 Å². The third kappa shape index (κ3) is 3.65.